The van der Waals surface area contributed by atoms with E-state index in [4.69, 9.17) is 0 Å². The van der Waals surface area contributed by atoms with E-state index in [1.807, 2.05) is 4.90 Å². The number of likely N-dealkylation sites (tertiary alicyclic amines) is 1. The van der Waals surface area contributed by atoms with Gasteiger partial charge in [0.1, 0.15) is 0 Å². The van der Waals surface area contributed by atoms with E-state index < -0.39 is 0 Å². The number of hydrogen-bond acceptors (Lipinski definition) is 2. The smallest absolute Gasteiger partial charge is 0.224 e. The first-order chi connectivity index (χ1) is 7.49. The number of carbonyl (C=O) groups excluding carboxylic acids is 2. The summed E-state index contributed by atoms with van der Waals surface area (Å²) in [6.45, 7) is 8.02. The summed E-state index contributed by atoms with van der Waals surface area (Å²) in [7, 11) is 0. The molecule has 1 saturated heterocycles. The number of carbonyl (C=O) groups is 2. The molecule has 4 nitrogen and oxygen atoms in total. The number of rotatable bonds is 3. The van der Waals surface area contributed by atoms with Crippen LogP contribution in [0.2, 0.25) is 0 Å². The van der Waals surface area contributed by atoms with Crippen molar-refractivity contribution in [3.63, 3.8) is 0 Å². The molecular formula is C12H22N2O2. The molecule has 0 aromatic rings. The van der Waals surface area contributed by atoms with Crippen LogP contribution in [0.5, 0.6) is 0 Å². The topological polar surface area (TPSA) is 49.4 Å². The van der Waals surface area contributed by atoms with Crippen molar-refractivity contribution in [1.29, 1.82) is 0 Å². The van der Waals surface area contributed by atoms with E-state index in [1.54, 1.807) is 0 Å². The summed E-state index contributed by atoms with van der Waals surface area (Å²) in [5.74, 6) is 1.27. The molecule has 4 heteroatoms. The minimum Gasteiger partial charge on any atom is -0.356 e. The van der Waals surface area contributed by atoms with Crippen molar-refractivity contribution in [3.8, 4) is 0 Å². The second-order valence-electron chi connectivity index (χ2n) is 4.98. The van der Waals surface area contributed by atoms with Crippen molar-refractivity contribution in [2.45, 2.75) is 33.6 Å². The highest BCUT2D eigenvalue weighted by Gasteiger charge is 2.24. The van der Waals surface area contributed by atoms with E-state index >= 15 is 0 Å². The highest BCUT2D eigenvalue weighted by Crippen LogP contribution is 2.21. The van der Waals surface area contributed by atoms with E-state index in [0.29, 0.717) is 24.8 Å². The second-order valence-corrected chi connectivity index (χ2v) is 4.98. The summed E-state index contributed by atoms with van der Waals surface area (Å²) < 4.78 is 0. The molecule has 0 aromatic carbocycles. The fraction of sp³-hybridized carbons (Fsp3) is 0.833. The molecule has 0 bridgehead atoms. The number of amides is 2. The molecule has 16 heavy (non-hydrogen) atoms. The number of nitrogens with zero attached hydrogens (tertiary/aromatic N) is 1. The van der Waals surface area contributed by atoms with Crippen LogP contribution in [0.15, 0.2) is 0 Å². The third kappa shape index (κ3) is 4.21. The maximum absolute atomic E-state index is 11.8. The van der Waals surface area contributed by atoms with E-state index in [9.17, 15) is 9.59 Å². The summed E-state index contributed by atoms with van der Waals surface area (Å²) in [5, 5.41) is 2.65. The van der Waals surface area contributed by atoms with Crippen LogP contribution in [-0.4, -0.2) is 36.3 Å². The van der Waals surface area contributed by atoms with E-state index in [1.165, 1.54) is 13.3 Å². The van der Waals surface area contributed by atoms with Crippen molar-refractivity contribution in [2.75, 3.05) is 19.6 Å². The Hall–Kier alpha value is -1.06. The molecule has 0 aromatic heterocycles. The van der Waals surface area contributed by atoms with Crippen LogP contribution in [-0.2, 0) is 9.59 Å². The number of piperidine rings is 1. The Morgan fingerprint density at radius 3 is 2.31 bits per heavy atom. The first-order valence-corrected chi connectivity index (χ1v) is 6.01. The minimum atomic E-state index is -0.0758. The molecule has 1 fully saturated rings. The number of hydrogen-bond donors (Lipinski definition) is 1. The van der Waals surface area contributed by atoms with Gasteiger partial charge in [0.2, 0.25) is 11.8 Å². The molecular weight excluding hydrogens is 204 g/mol. The normalized spacial score (nSPS) is 25.3. The monoisotopic (exact) mass is 226 g/mol. The van der Waals surface area contributed by atoms with Crippen LogP contribution in [0.3, 0.4) is 0 Å². The van der Waals surface area contributed by atoms with Crippen molar-refractivity contribution in [3.05, 3.63) is 0 Å². The Morgan fingerprint density at radius 2 is 1.81 bits per heavy atom. The zero-order valence-electron chi connectivity index (χ0n) is 10.5. The zero-order valence-corrected chi connectivity index (χ0v) is 10.5. The standard InChI is InChI=1S/C12H22N2O2/c1-9-6-10(2)8-14(7-9)12(16)4-5-13-11(3)15/h9-10H,4-8H2,1-3H3,(H,13,15). The third-order valence-electron chi connectivity index (χ3n) is 2.93. The van der Waals surface area contributed by atoms with Crippen LogP contribution < -0.4 is 5.32 Å². The summed E-state index contributed by atoms with van der Waals surface area (Å²) in [6, 6.07) is 0. The maximum Gasteiger partial charge on any atom is 0.224 e. The van der Waals surface area contributed by atoms with Gasteiger partial charge in [-0.1, -0.05) is 13.8 Å². The predicted octanol–water partition coefficient (Wildman–Crippen LogP) is 1.02. The minimum absolute atomic E-state index is 0.0758. The Kier molecular flexibility index (Phi) is 4.77. The molecule has 2 atom stereocenters. The number of nitrogens with one attached hydrogen (secondary N) is 1. The largest absolute Gasteiger partial charge is 0.356 e. The lowest BCUT2D eigenvalue weighted by atomic mass is 9.92. The van der Waals surface area contributed by atoms with Gasteiger partial charge in [0.05, 0.1) is 0 Å². The highest BCUT2D eigenvalue weighted by atomic mass is 16.2. The lowest BCUT2D eigenvalue weighted by Gasteiger charge is -2.35. The molecule has 2 unspecified atom stereocenters. The van der Waals surface area contributed by atoms with Gasteiger partial charge in [0.25, 0.3) is 0 Å². The maximum atomic E-state index is 11.8. The lowest BCUT2D eigenvalue weighted by Crippen LogP contribution is -2.43. The van der Waals surface area contributed by atoms with Crippen molar-refractivity contribution < 1.29 is 9.59 Å². The summed E-state index contributed by atoms with van der Waals surface area (Å²) in [5.41, 5.74) is 0. The molecule has 0 radical (unpaired) electrons. The van der Waals surface area contributed by atoms with E-state index in [-0.39, 0.29) is 11.8 Å². The molecule has 0 spiro atoms. The van der Waals surface area contributed by atoms with Gasteiger partial charge in [-0.15, -0.1) is 0 Å². The van der Waals surface area contributed by atoms with Gasteiger partial charge >= 0.3 is 0 Å². The van der Waals surface area contributed by atoms with Gasteiger partial charge in [-0.3, -0.25) is 9.59 Å². The SMILES string of the molecule is CC(=O)NCCC(=O)N1CC(C)CC(C)C1. The fourth-order valence-electron chi connectivity index (χ4n) is 2.37. The van der Waals surface area contributed by atoms with Crippen LogP contribution >= 0.6 is 0 Å². The van der Waals surface area contributed by atoms with Crippen LogP contribution in [0.1, 0.15) is 33.6 Å². The van der Waals surface area contributed by atoms with Gasteiger partial charge in [0.15, 0.2) is 0 Å². The van der Waals surface area contributed by atoms with Gasteiger partial charge < -0.3 is 10.2 Å². The van der Waals surface area contributed by atoms with Crippen molar-refractivity contribution in [1.82, 2.24) is 10.2 Å². The van der Waals surface area contributed by atoms with Crippen molar-refractivity contribution in [2.24, 2.45) is 11.8 Å². The molecule has 1 aliphatic rings. The average Bonchev–Trinajstić information content (AvgIpc) is 2.15. The first-order valence-electron chi connectivity index (χ1n) is 6.01. The summed E-state index contributed by atoms with van der Waals surface area (Å²) >= 11 is 0. The Labute approximate surface area is 97.4 Å². The van der Waals surface area contributed by atoms with Gasteiger partial charge in [-0.25, -0.2) is 0 Å². The lowest BCUT2D eigenvalue weighted by molar-refractivity contribution is -0.133. The molecule has 0 saturated carbocycles. The van der Waals surface area contributed by atoms with Gasteiger partial charge in [-0.05, 0) is 18.3 Å². The molecule has 1 heterocycles. The second kappa shape index (κ2) is 5.87. The first kappa shape index (κ1) is 13.0. The summed E-state index contributed by atoms with van der Waals surface area (Å²) in [4.78, 5) is 24.4. The van der Waals surface area contributed by atoms with Crippen LogP contribution in [0.25, 0.3) is 0 Å². The molecule has 92 valence electrons. The van der Waals surface area contributed by atoms with E-state index in [2.05, 4.69) is 19.2 Å². The Balaban J connectivity index is 2.32. The zero-order chi connectivity index (χ0) is 12.1. The molecule has 0 aliphatic carbocycles. The van der Waals surface area contributed by atoms with Crippen LogP contribution in [0.4, 0.5) is 0 Å². The Bertz CT molecular complexity index is 256. The van der Waals surface area contributed by atoms with E-state index in [0.717, 1.165) is 13.1 Å². The molecule has 1 aliphatic heterocycles. The average molecular weight is 226 g/mol. The molecule has 2 amide bonds. The molecule has 1 rings (SSSR count). The summed E-state index contributed by atoms with van der Waals surface area (Å²) in [6.07, 6.45) is 1.62. The van der Waals surface area contributed by atoms with Crippen molar-refractivity contribution >= 4 is 11.8 Å². The highest BCUT2D eigenvalue weighted by molar-refractivity contribution is 5.78. The van der Waals surface area contributed by atoms with Crippen LogP contribution in [0, 0.1) is 11.8 Å². The fourth-order valence-corrected chi connectivity index (χ4v) is 2.37. The molecule has 1 N–H and O–H groups in total. The van der Waals surface area contributed by atoms with Gasteiger partial charge in [0, 0.05) is 33.0 Å². The quantitative estimate of drug-likeness (QED) is 0.781. The third-order valence-corrected chi connectivity index (χ3v) is 2.93. The predicted molar refractivity (Wildman–Crippen MR) is 62.8 cm³/mol. The Morgan fingerprint density at radius 1 is 1.25 bits per heavy atom. The van der Waals surface area contributed by atoms with Gasteiger partial charge in [-0.2, -0.15) is 0 Å².